The first kappa shape index (κ1) is 6.76. The summed E-state index contributed by atoms with van der Waals surface area (Å²) in [6.45, 7) is 6.58. The van der Waals surface area contributed by atoms with E-state index in [1.165, 1.54) is 0 Å². The maximum absolute atomic E-state index is 5.48. The average Bonchev–Trinajstić information content (AvgIpc) is 1.35. The van der Waals surface area contributed by atoms with Crippen LogP contribution in [0.15, 0.2) is 0 Å². The number of hydrogen-bond acceptors (Lipinski definition) is 1. The Morgan fingerprint density at radius 1 is 1.33 bits per heavy atom. The summed E-state index contributed by atoms with van der Waals surface area (Å²) < 4.78 is 5.96. The first-order chi connectivity index (χ1) is 2.56. The molecule has 0 unspecified atom stereocenters. The third kappa shape index (κ3) is 4.76. The molecule has 0 bridgehead atoms. The van der Waals surface area contributed by atoms with Crippen LogP contribution in [0.1, 0.15) is 20.8 Å². The fraction of sp³-hybridized carbons (Fsp3) is 1.00. The van der Waals surface area contributed by atoms with E-state index in [1.807, 2.05) is 0 Å². The second kappa shape index (κ2) is 2.17. The van der Waals surface area contributed by atoms with E-state index in [9.17, 15) is 0 Å². The molecule has 0 spiro atoms. The number of hydrogen-bond donors (Lipinski definition) is 1. The molecular formula is C4H11NSn. The molecule has 0 aromatic rings. The summed E-state index contributed by atoms with van der Waals surface area (Å²) in [4.78, 5) is 0. The van der Waals surface area contributed by atoms with Crippen molar-refractivity contribution in [2.75, 3.05) is 0 Å². The molecule has 36 valence electrons. The van der Waals surface area contributed by atoms with Crippen molar-refractivity contribution in [3.05, 3.63) is 0 Å². The van der Waals surface area contributed by atoms with Crippen LogP contribution >= 0.6 is 0 Å². The van der Waals surface area contributed by atoms with Crippen molar-refractivity contribution in [1.29, 1.82) is 0 Å². The Bertz CT molecular complexity index is 37.3. The van der Waals surface area contributed by atoms with Crippen molar-refractivity contribution >= 4 is 21.4 Å². The fourth-order valence-corrected chi connectivity index (χ4v) is 0. The Morgan fingerprint density at radius 3 is 1.50 bits per heavy atom. The van der Waals surface area contributed by atoms with Crippen LogP contribution in [0, 0.1) is 0 Å². The van der Waals surface area contributed by atoms with Crippen LogP contribution in [0.2, 0.25) is 3.43 Å². The van der Waals surface area contributed by atoms with Gasteiger partial charge in [0.25, 0.3) is 0 Å². The average molecular weight is 192 g/mol. The van der Waals surface area contributed by atoms with Gasteiger partial charge in [0, 0.05) is 0 Å². The molecule has 0 rings (SSSR count). The fourth-order valence-electron chi connectivity index (χ4n) is 0. The molecule has 0 aliphatic heterocycles. The van der Waals surface area contributed by atoms with Gasteiger partial charge in [0.05, 0.1) is 0 Å². The van der Waals surface area contributed by atoms with Gasteiger partial charge < -0.3 is 0 Å². The van der Waals surface area contributed by atoms with Crippen LogP contribution < -0.4 is 3.96 Å². The monoisotopic (exact) mass is 193 g/mol. The van der Waals surface area contributed by atoms with Crippen molar-refractivity contribution < 1.29 is 0 Å². The summed E-state index contributed by atoms with van der Waals surface area (Å²) >= 11 is -0.476. The van der Waals surface area contributed by atoms with Crippen LogP contribution in [-0.2, 0) is 0 Å². The SMILES string of the molecule is C[C](C)(C)[Sn][NH2]. The van der Waals surface area contributed by atoms with Gasteiger partial charge in [0.1, 0.15) is 0 Å². The number of nitrogens with two attached hydrogens (primary N) is 1. The predicted molar refractivity (Wildman–Crippen MR) is 29.7 cm³/mol. The molecule has 0 saturated carbocycles. The minimum atomic E-state index is -0.476. The zero-order valence-electron chi connectivity index (χ0n) is 4.58. The van der Waals surface area contributed by atoms with Gasteiger partial charge in [0.15, 0.2) is 0 Å². The van der Waals surface area contributed by atoms with E-state index < -0.39 is 21.4 Å². The third-order valence-corrected chi connectivity index (χ3v) is 2.90. The molecule has 0 atom stereocenters. The topological polar surface area (TPSA) is 26.0 Å². The maximum atomic E-state index is 5.48. The molecular weight excluding hydrogens is 181 g/mol. The van der Waals surface area contributed by atoms with E-state index in [0.717, 1.165) is 0 Å². The van der Waals surface area contributed by atoms with Crippen molar-refractivity contribution in [1.82, 2.24) is 0 Å². The van der Waals surface area contributed by atoms with Crippen LogP contribution in [0.4, 0.5) is 0 Å². The van der Waals surface area contributed by atoms with E-state index in [2.05, 4.69) is 20.8 Å². The molecule has 1 nitrogen and oxygen atoms in total. The molecule has 0 fully saturated rings. The molecule has 2 N–H and O–H groups in total. The molecule has 2 radical (unpaired) electrons. The van der Waals surface area contributed by atoms with Gasteiger partial charge in [-0.3, -0.25) is 0 Å². The van der Waals surface area contributed by atoms with E-state index in [0.29, 0.717) is 3.43 Å². The van der Waals surface area contributed by atoms with Crippen molar-refractivity contribution in [3.8, 4) is 0 Å². The summed E-state index contributed by atoms with van der Waals surface area (Å²) in [5.74, 6) is 0. The summed E-state index contributed by atoms with van der Waals surface area (Å²) in [6, 6.07) is 0. The first-order valence-corrected chi connectivity index (χ1v) is 5.11. The molecule has 2 heteroatoms. The van der Waals surface area contributed by atoms with Gasteiger partial charge in [-0.1, -0.05) is 0 Å². The van der Waals surface area contributed by atoms with E-state index >= 15 is 0 Å². The Morgan fingerprint density at radius 2 is 1.50 bits per heavy atom. The molecule has 0 amide bonds. The summed E-state index contributed by atoms with van der Waals surface area (Å²) in [5, 5.41) is 0. The summed E-state index contributed by atoms with van der Waals surface area (Å²) in [5.41, 5.74) is 0. The Labute approximate surface area is 49.9 Å². The van der Waals surface area contributed by atoms with Gasteiger partial charge in [-0.2, -0.15) is 0 Å². The van der Waals surface area contributed by atoms with Crippen molar-refractivity contribution in [2.45, 2.75) is 24.2 Å². The van der Waals surface area contributed by atoms with Gasteiger partial charge in [0.2, 0.25) is 0 Å². The van der Waals surface area contributed by atoms with Crippen molar-refractivity contribution in [2.24, 2.45) is 3.96 Å². The first-order valence-electron chi connectivity index (χ1n) is 2.04. The molecule has 0 saturated heterocycles. The molecule has 0 aromatic heterocycles. The van der Waals surface area contributed by atoms with Crippen LogP contribution in [0.3, 0.4) is 0 Å². The Kier molecular flexibility index (Phi) is 2.44. The standard InChI is InChI=1S/C4H9.H2N.Sn/c1-4(2)3;;/h1-3H3;1H2;/q;-1;+1. The molecule has 0 aromatic carbocycles. The molecule has 0 aliphatic carbocycles. The third-order valence-electron chi connectivity index (χ3n) is 0.433. The zero-order chi connectivity index (χ0) is 5.21. The van der Waals surface area contributed by atoms with Crippen molar-refractivity contribution in [3.63, 3.8) is 0 Å². The Balaban J connectivity index is 3.17. The summed E-state index contributed by atoms with van der Waals surface area (Å²) in [6.07, 6.45) is 0. The van der Waals surface area contributed by atoms with E-state index in [4.69, 9.17) is 3.96 Å². The van der Waals surface area contributed by atoms with Gasteiger partial charge >= 0.3 is 49.6 Å². The summed E-state index contributed by atoms with van der Waals surface area (Å²) in [7, 11) is 0. The van der Waals surface area contributed by atoms with Gasteiger partial charge in [-0.05, 0) is 0 Å². The second-order valence-electron chi connectivity index (χ2n) is 2.39. The van der Waals surface area contributed by atoms with Gasteiger partial charge in [-0.25, -0.2) is 0 Å². The van der Waals surface area contributed by atoms with Crippen LogP contribution in [0.25, 0.3) is 0 Å². The Hall–Kier alpha value is 0.759. The normalized spacial score (nSPS) is 12.0. The zero-order valence-corrected chi connectivity index (χ0v) is 7.43. The quantitative estimate of drug-likeness (QED) is 0.563. The van der Waals surface area contributed by atoms with E-state index in [-0.39, 0.29) is 0 Å². The van der Waals surface area contributed by atoms with E-state index in [1.54, 1.807) is 0 Å². The van der Waals surface area contributed by atoms with Crippen LogP contribution in [0.5, 0.6) is 0 Å². The molecule has 6 heavy (non-hydrogen) atoms. The van der Waals surface area contributed by atoms with Crippen LogP contribution in [-0.4, -0.2) is 21.4 Å². The second-order valence-corrected chi connectivity index (χ2v) is 7.50. The molecule has 0 heterocycles. The minimum absolute atomic E-state index is 0.476. The molecule has 0 aliphatic rings. The predicted octanol–water partition coefficient (Wildman–Crippen LogP) is 0.783. The van der Waals surface area contributed by atoms with Gasteiger partial charge in [-0.15, -0.1) is 0 Å². The number of rotatable bonds is 0.